The number of sulfonamides is 1. The van der Waals surface area contributed by atoms with Crippen LogP contribution in [0.5, 0.6) is 0 Å². The van der Waals surface area contributed by atoms with Crippen molar-refractivity contribution in [3.8, 4) is 0 Å². The molecule has 0 bridgehead atoms. The van der Waals surface area contributed by atoms with E-state index in [1.807, 2.05) is 0 Å². The van der Waals surface area contributed by atoms with Gasteiger partial charge in [0, 0.05) is 17.3 Å². The average Bonchev–Trinajstić information content (AvgIpc) is 2.83. The molecule has 2 aromatic rings. The molecule has 9 nitrogen and oxygen atoms in total. The van der Waals surface area contributed by atoms with Gasteiger partial charge in [-0.2, -0.15) is 4.72 Å². The molecule has 1 saturated heterocycles. The second kappa shape index (κ2) is 12.3. The number of anilines is 1. The smallest absolute Gasteiger partial charge is 0.338 e. The highest BCUT2D eigenvalue weighted by Gasteiger charge is 2.28. The van der Waals surface area contributed by atoms with E-state index < -0.39 is 34.2 Å². The molecular weight excluding hydrogens is 484 g/mol. The predicted octanol–water partition coefficient (Wildman–Crippen LogP) is 3.35. The van der Waals surface area contributed by atoms with E-state index in [1.54, 1.807) is 25.1 Å². The van der Waals surface area contributed by atoms with E-state index in [-0.39, 0.29) is 23.7 Å². The second-order valence-electron chi connectivity index (χ2n) is 7.55. The minimum atomic E-state index is -4.06. The van der Waals surface area contributed by atoms with Gasteiger partial charge in [-0.05, 0) is 68.7 Å². The lowest BCUT2D eigenvalue weighted by Crippen LogP contribution is -2.47. The fraction of sp³-hybridized carbons (Fsp3) is 0.391. The Morgan fingerprint density at radius 1 is 1.18 bits per heavy atom. The van der Waals surface area contributed by atoms with Gasteiger partial charge in [-0.1, -0.05) is 17.7 Å². The maximum absolute atomic E-state index is 13.1. The van der Waals surface area contributed by atoms with Crippen molar-refractivity contribution in [2.45, 2.75) is 43.4 Å². The molecule has 1 amide bonds. The standard InChI is InChI=1S/C23H27ClN2O7S/c1-2-31-23(28)16-6-5-7-18(14-16)25-22(27)20(15-33-21-8-3-4-13-32-21)26-34(29,30)19-11-9-17(24)10-12-19/h5-7,9-12,14,20-21,26H,2-4,8,13,15H2,1H3,(H,25,27). The summed E-state index contributed by atoms with van der Waals surface area (Å²) in [6.07, 6.45) is 1.97. The summed E-state index contributed by atoms with van der Waals surface area (Å²) < 4.78 is 44.4. The van der Waals surface area contributed by atoms with Crippen LogP contribution in [0, 0.1) is 0 Å². The maximum Gasteiger partial charge on any atom is 0.338 e. The van der Waals surface area contributed by atoms with E-state index in [0.717, 1.165) is 12.8 Å². The monoisotopic (exact) mass is 510 g/mol. The van der Waals surface area contributed by atoms with Crippen molar-refractivity contribution in [3.63, 3.8) is 0 Å². The third-order valence-electron chi connectivity index (χ3n) is 4.97. The molecule has 0 radical (unpaired) electrons. The Bertz CT molecular complexity index is 1090. The van der Waals surface area contributed by atoms with Gasteiger partial charge in [-0.25, -0.2) is 13.2 Å². The van der Waals surface area contributed by atoms with Crippen LogP contribution in [0.2, 0.25) is 5.02 Å². The van der Waals surface area contributed by atoms with E-state index in [1.165, 1.54) is 30.3 Å². The number of esters is 1. The summed E-state index contributed by atoms with van der Waals surface area (Å²) in [5.41, 5.74) is 0.560. The van der Waals surface area contributed by atoms with Gasteiger partial charge in [0.15, 0.2) is 6.29 Å². The number of hydrogen-bond donors (Lipinski definition) is 2. The number of halogens is 1. The maximum atomic E-state index is 13.1. The van der Waals surface area contributed by atoms with Crippen molar-refractivity contribution in [2.75, 3.05) is 25.1 Å². The van der Waals surface area contributed by atoms with Gasteiger partial charge in [0.25, 0.3) is 0 Å². The van der Waals surface area contributed by atoms with Crippen LogP contribution in [0.4, 0.5) is 5.69 Å². The first-order valence-electron chi connectivity index (χ1n) is 10.9. The zero-order valence-electron chi connectivity index (χ0n) is 18.7. The lowest BCUT2D eigenvalue weighted by molar-refractivity contribution is -0.166. The number of benzene rings is 2. The summed E-state index contributed by atoms with van der Waals surface area (Å²) in [6.45, 7) is 2.20. The Hall–Kier alpha value is -2.50. The lowest BCUT2D eigenvalue weighted by atomic mass is 10.2. The Morgan fingerprint density at radius 3 is 2.62 bits per heavy atom. The summed E-state index contributed by atoms with van der Waals surface area (Å²) >= 11 is 5.85. The first-order valence-corrected chi connectivity index (χ1v) is 12.7. The molecule has 1 aliphatic heterocycles. The van der Waals surface area contributed by atoms with Crippen LogP contribution in [0.25, 0.3) is 0 Å². The van der Waals surface area contributed by atoms with Crippen molar-refractivity contribution in [2.24, 2.45) is 0 Å². The molecule has 11 heteroatoms. The highest BCUT2D eigenvalue weighted by atomic mass is 35.5. The molecule has 2 aromatic carbocycles. The Morgan fingerprint density at radius 2 is 1.94 bits per heavy atom. The number of hydrogen-bond acceptors (Lipinski definition) is 7. The molecule has 0 aliphatic carbocycles. The fourth-order valence-corrected chi connectivity index (χ4v) is 4.55. The van der Waals surface area contributed by atoms with E-state index >= 15 is 0 Å². The molecule has 2 unspecified atom stereocenters. The summed E-state index contributed by atoms with van der Waals surface area (Å²) in [5.74, 6) is -1.19. The molecule has 184 valence electrons. The average molecular weight is 511 g/mol. The van der Waals surface area contributed by atoms with Crippen molar-refractivity contribution in [1.29, 1.82) is 0 Å². The molecule has 0 saturated carbocycles. The Kier molecular flexibility index (Phi) is 9.43. The predicted molar refractivity (Wildman–Crippen MR) is 126 cm³/mol. The summed E-state index contributed by atoms with van der Waals surface area (Å²) in [5, 5.41) is 3.02. The minimum absolute atomic E-state index is 0.0482. The largest absolute Gasteiger partial charge is 0.462 e. The molecular formula is C23H27ClN2O7S. The third-order valence-corrected chi connectivity index (χ3v) is 6.71. The fourth-order valence-electron chi connectivity index (χ4n) is 3.25. The zero-order valence-corrected chi connectivity index (χ0v) is 20.2. The van der Waals surface area contributed by atoms with Crippen molar-refractivity contribution >= 4 is 39.2 Å². The van der Waals surface area contributed by atoms with Gasteiger partial charge in [-0.15, -0.1) is 0 Å². The van der Waals surface area contributed by atoms with Crippen LogP contribution >= 0.6 is 11.6 Å². The molecule has 0 aromatic heterocycles. The lowest BCUT2D eigenvalue weighted by Gasteiger charge is -2.25. The summed E-state index contributed by atoms with van der Waals surface area (Å²) in [7, 11) is -4.06. The second-order valence-corrected chi connectivity index (χ2v) is 9.70. The zero-order chi connectivity index (χ0) is 24.6. The van der Waals surface area contributed by atoms with Crippen molar-refractivity contribution in [1.82, 2.24) is 4.72 Å². The number of carbonyl (C=O) groups excluding carboxylic acids is 2. The van der Waals surface area contributed by atoms with Crippen LogP contribution in [-0.2, 0) is 29.0 Å². The first kappa shape index (κ1) is 26.1. The topological polar surface area (TPSA) is 120 Å². The van der Waals surface area contributed by atoms with Gasteiger partial charge in [0.2, 0.25) is 15.9 Å². The number of carbonyl (C=O) groups is 2. The van der Waals surface area contributed by atoms with E-state index in [2.05, 4.69) is 10.0 Å². The summed E-state index contributed by atoms with van der Waals surface area (Å²) in [4.78, 5) is 25.0. The van der Waals surface area contributed by atoms with E-state index in [9.17, 15) is 18.0 Å². The molecule has 1 aliphatic rings. The van der Waals surface area contributed by atoms with Gasteiger partial charge >= 0.3 is 5.97 Å². The van der Waals surface area contributed by atoms with Crippen molar-refractivity contribution in [3.05, 3.63) is 59.1 Å². The molecule has 34 heavy (non-hydrogen) atoms. The normalized spacial score (nSPS) is 17.1. The van der Waals surface area contributed by atoms with Crippen LogP contribution in [0.3, 0.4) is 0 Å². The number of amides is 1. The highest BCUT2D eigenvalue weighted by molar-refractivity contribution is 7.89. The minimum Gasteiger partial charge on any atom is -0.462 e. The molecule has 2 atom stereocenters. The molecule has 3 rings (SSSR count). The highest BCUT2D eigenvalue weighted by Crippen LogP contribution is 2.18. The molecule has 1 fully saturated rings. The Labute approximate surface area is 203 Å². The number of ether oxygens (including phenoxy) is 3. The quantitative estimate of drug-likeness (QED) is 0.470. The molecule has 1 heterocycles. The van der Waals surface area contributed by atoms with Crippen LogP contribution in [-0.4, -0.2) is 52.4 Å². The van der Waals surface area contributed by atoms with Gasteiger partial charge < -0.3 is 19.5 Å². The summed E-state index contributed by atoms with van der Waals surface area (Å²) in [6, 6.07) is 10.5. The van der Waals surface area contributed by atoms with E-state index in [0.29, 0.717) is 23.7 Å². The number of rotatable bonds is 10. The van der Waals surface area contributed by atoms with E-state index in [4.69, 9.17) is 25.8 Å². The van der Waals surface area contributed by atoms with Crippen LogP contribution < -0.4 is 10.0 Å². The van der Waals surface area contributed by atoms with Gasteiger partial charge in [-0.3, -0.25) is 4.79 Å². The molecule has 2 N–H and O–H groups in total. The van der Waals surface area contributed by atoms with Crippen LogP contribution in [0.1, 0.15) is 36.5 Å². The SMILES string of the molecule is CCOC(=O)c1cccc(NC(=O)C(COC2CCCCO2)NS(=O)(=O)c2ccc(Cl)cc2)c1. The number of nitrogens with one attached hydrogen (secondary N) is 2. The molecule has 0 spiro atoms. The van der Waals surface area contributed by atoms with Crippen molar-refractivity contribution < 1.29 is 32.2 Å². The van der Waals surface area contributed by atoms with Gasteiger partial charge in [0.1, 0.15) is 6.04 Å². The third kappa shape index (κ3) is 7.51. The Balaban J connectivity index is 1.76. The van der Waals surface area contributed by atoms with Gasteiger partial charge in [0.05, 0.1) is 23.7 Å². The van der Waals surface area contributed by atoms with Crippen LogP contribution in [0.15, 0.2) is 53.4 Å². The first-order chi connectivity index (χ1) is 16.3.